The Hall–Kier alpha value is -0.460. The number of rotatable bonds is 1. The molecule has 2 rings (SSSR count). The average molecular weight is 222 g/mol. The van der Waals surface area contributed by atoms with Crippen molar-refractivity contribution in [1.29, 1.82) is 0 Å². The summed E-state index contributed by atoms with van der Waals surface area (Å²) in [4.78, 5) is 0. The van der Waals surface area contributed by atoms with Gasteiger partial charge in [-0.25, -0.2) is 0 Å². The molecule has 0 saturated heterocycles. The number of hydrogen-bond donors (Lipinski definition) is 0. The van der Waals surface area contributed by atoms with Crippen LogP contribution in [0.3, 0.4) is 0 Å². The van der Waals surface area contributed by atoms with Gasteiger partial charge in [0.05, 0.1) is 12.9 Å². The topological polar surface area (TPSA) is 9.23 Å². The Morgan fingerprint density at radius 3 is 2.38 bits per heavy atom. The number of fused-ring (bicyclic) bond motifs is 1. The van der Waals surface area contributed by atoms with Crippen LogP contribution in [0.25, 0.3) is 0 Å². The predicted molar refractivity (Wildman–Crippen MR) is 68.1 cm³/mol. The van der Waals surface area contributed by atoms with Crippen molar-refractivity contribution in [3.05, 3.63) is 11.3 Å². The van der Waals surface area contributed by atoms with Gasteiger partial charge in [-0.3, -0.25) is 0 Å². The van der Waals surface area contributed by atoms with E-state index in [-0.39, 0.29) is 0 Å². The van der Waals surface area contributed by atoms with Gasteiger partial charge in [0.1, 0.15) is 0 Å². The molecule has 1 heteroatoms. The molecule has 1 fully saturated rings. The molecule has 0 spiro atoms. The highest BCUT2D eigenvalue weighted by atomic mass is 16.5. The first-order valence-corrected chi connectivity index (χ1v) is 6.61. The van der Waals surface area contributed by atoms with Crippen molar-refractivity contribution in [2.45, 2.75) is 53.9 Å². The van der Waals surface area contributed by atoms with Gasteiger partial charge in [0.15, 0.2) is 0 Å². The highest BCUT2D eigenvalue weighted by molar-refractivity contribution is 5.31. The van der Waals surface area contributed by atoms with Crippen LogP contribution in [0.5, 0.6) is 0 Å². The van der Waals surface area contributed by atoms with E-state index in [1.54, 1.807) is 5.57 Å². The maximum atomic E-state index is 5.66. The van der Waals surface area contributed by atoms with Crippen LogP contribution in [0.2, 0.25) is 0 Å². The molecule has 92 valence electrons. The van der Waals surface area contributed by atoms with E-state index in [9.17, 15) is 0 Å². The Kier molecular flexibility index (Phi) is 2.64. The monoisotopic (exact) mass is 222 g/mol. The fraction of sp³-hybridized carbons (Fsp3) is 0.867. The zero-order chi connectivity index (χ0) is 12.1. The summed E-state index contributed by atoms with van der Waals surface area (Å²) in [7, 11) is 1.84. The van der Waals surface area contributed by atoms with Gasteiger partial charge in [-0.2, -0.15) is 0 Å². The second kappa shape index (κ2) is 3.51. The van der Waals surface area contributed by atoms with E-state index in [4.69, 9.17) is 4.74 Å². The van der Waals surface area contributed by atoms with Crippen LogP contribution in [0.1, 0.15) is 53.9 Å². The number of hydrogen-bond acceptors (Lipinski definition) is 1. The number of allylic oxidation sites excluding steroid dienone is 2. The molecule has 2 aliphatic rings. The molecule has 2 aliphatic carbocycles. The molecule has 2 unspecified atom stereocenters. The van der Waals surface area contributed by atoms with Gasteiger partial charge >= 0.3 is 0 Å². The molecule has 0 radical (unpaired) electrons. The molecule has 0 aromatic carbocycles. The van der Waals surface area contributed by atoms with Crippen LogP contribution in [-0.4, -0.2) is 7.11 Å². The summed E-state index contributed by atoms with van der Waals surface area (Å²) in [6.45, 7) is 12.1. The van der Waals surface area contributed by atoms with Crippen LogP contribution in [0.15, 0.2) is 11.3 Å². The summed E-state index contributed by atoms with van der Waals surface area (Å²) in [5, 5.41) is 0. The van der Waals surface area contributed by atoms with Crippen molar-refractivity contribution in [3.8, 4) is 0 Å². The second-order valence-corrected chi connectivity index (χ2v) is 6.75. The van der Waals surface area contributed by atoms with E-state index in [0.29, 0.717) is 10.8 Å². The maximum Gasteiger partial charge on any atom is 0.0955 e. The van der Waals surface area contributed by atoms with Gasteiger partial charge in [-0.05, 0) is 41.1 Å². The van der Waals surface area contributed by atoms with E-state index < -0.39 is 0 Å². The van der Waals surface area contributed by atoms with Crippen molar-refractivity contribution in [2.24, 2.45) is 22.7 Å². The first kappa shape index (κ1) is 12.0. The Morgan fingerprint density at radius 2 is 1.81 bits per heavy atom. The molecule has 2 atom stereocenters. The van der Waals surface area contributed by atoms with Gasteiger partial charge in [-0.15, -0.1) is 0 Å². The minimum Gasteiger partial charge on any atom is -0.501 e. The lowest BCUT2D eigenvalue weighted by Gasteiger charge is -2.33. The van der Waals surface area contributed by atoms with Crippen molar-refractivity contribution in [2.75, 3.05) is 7.11 Å². The fourth-order valence-corrected chi connectivity index (χ4v) is 4.17. The summed E-state index contributed by atoms with van der Waals surface area (Å²) in [5.41, 5.74) is 2.35. The van der Waals surface area contributed by atoms with E-state index in [2.05, 4.69) is 34.6 Å². The molecule has 1 nitrogen and oxygen atoms in total. The van der Waals surface area contributed by atoms with E-state index >= 15 is 0 Å². The lowest BCUT2D eigenvalue weighted by molar-refractivity contribution is 0.148. The van der Waals surface area contributed by atoms with Crippen LogP contribution in [-0.2, 0) is 4.74 Å². The molecule has 1 saturated carbocycles. The summed E-state index contributed by atoms with van der Waals surface area (Å²) in [6, 6.07) is 0. The zero-order valence-corrected chi connectivity index (χ0v) is 11.7. The van der Waals surface area contributed by atoms with E-state index in [0.717, 1.165) is 18.3 Å². The Bertz CT molecular complexity index is 322. The minimum absolute atomic E-state index is 0.305. The molecule has 16 heavy (non-hydrogen) atoms. The molecule has 0 aliphatic heterocycles. The van der Waals surface area contributed by atoms with Crippen LogP contribution < -0.4 is 0 Å². The molecule has 0 N–H and O–H groups in total. The SMILES string of the molecule is COC1=C2C(CCC1)C(C)(C)C(C)C2(C)C. The maximum absolute atomic E-state index is 5.66. The predicted octanol–water partition coefficient (Wildman–Crippen LogP) is 4.39. The van der Waals surface area contributed by atoms with Gasteiger partial charge in [-0.1, -0.05) is 34.6 Å². The molecule has 0 heterocycles. The Balaban J connectivity index is 2.56. The van der Waals surface area contributed by atoms with Crippen LogP contribution >= 0.6 is 0 Å². The Morgan fingerprint density at radius 1 is 1.19 bits per heavy atom. The quantitative estimate of drug-likeness (QED) is 0.639. The normalized spacial score (nSPS) is 36.1. The minimum atomic E-state index is 0.305. The first-order valence-electron chi connectivity index (χ1n) is 6.61. The second-order valence-electron chi connectivity index (χ2n) is 6.75. The molecule has 0 amide bonds. The zero-order valence-electron chi connectivity index (χ0n) is 11.7. The van der Waals surface area contributed by atoms with Crippen molar-refractivity contribution in [1.82, 2.24) is 0 Å². The van der Waals surface area contributed by atoms with Gasteiger partial charge < -0.3 is 4.74 Å². The summed E-state index contributed by atoms with van der Waals surface area (Å²) >= 11 is 0. The Labute approximate surface area is 100 Å². The standard InChI is InChI=1S/C15H26O/c1-10-14(2,3)11-8-7-9-12(16-6)13(11)15(10,4)5/h10-11H,7-9H2,1-6H3. The molecule has 0 bridgehead atoms. The number of ether oxygens (including phenoxy) is 1. The smallest absolute Gasteiger partial charge is 0.0955 e. The van der Waals surface area contributed by atoms with Gasteiger partial charge in [0.25, 0.3) is 0 Å². The van der Waals surface area contributed by atoms with Gasteiger partial charge in [0.2, 0.25) is 0 Å². The van der Waals surface area contributed by atoms with Crippen LogP contribution in [0, 0.1) is 22.7 Å². The average Bonchev–Trinajstić information content (AvgIpc) is 2.38. The lowest BCUT2D eigenvalue weighted by atomic mass is 9.71. The lowest BCUT2D eigenvalue weighted by Crippen LogP contribution is -2.27. The van der Waals surface area contributed by atoms with Crippen molar-refractivity contribution in [3.63, 3.8) is 0 Å². The van der Waals surface area contributed by atoms with Crippen LogP contribution in [0.4, 0.5) is 0 Å². The third kappa shape index (κ3) is 1.36. The molecular formula is C15H26O. The van der Waals surface area contributed by atoms with E-state index in [1.807, 2.05) is 7.11 Å². The molecule has 0 aromatic rings. The fourth-order valence-electron chi connectivity index (χ4n) is 4.17. The molecular weight excluding hydrogens is 196 g/mol. The third-order valence-electron chi connectivity index (χ3n) is 5.58. The summed E-state index contributed by atoms with van der Waals surface area (Å²) in [6.07, 6.45) is 3.79. The highest BCUT2D eigenvalue weighted by Gasteiger charge is 2.56. The largest absolute Gasteiger partial charge is 0.501 e. The summed E-state index contributed by atoms with van der Waals surface area (Å²) < 4.78 is 5.66. The van der Waals surface area contributed by atoms with E-state index in [1.165, 1.54) is 18.6 Å². The van der Waals surface area contributed by atoms with Crippen molar-refractivity contribution < 1.29 is 4.74 Å². The number of methoxy groups -OCH3 is 1. The molecule has 0 aromatic heterocycles. The van der Waals surface area contributed by atoms with Crippen molar-refractivity contribution >= 4 is 0 Å². The first-order chi connectivity index (χ1) is 7.33. The highest BCUT2D eigenvalue weighted by Crippen LogP contribution is 2.63. The van der Waals surface area contributed by atoms with Gasteiger partial charge in [0, 0.05) is 6.42 Å². The third-order valence-corrected chi connectivity index (χ3v) is 5.58. The summed E-state index contributed by atoms with van der Waals surface area (Å²) in [5.74, 6) is 2.75.